The van der Waals surface area contributed by atoms with Gasteiger partial charge in [-0.2, -0.15) is 0 Å². The second-order valence-corrected chi connectivity index (χ2v) is 7.42. The number of allylic oxidation sites excluding steroid dienone is 1. The second-order valence-electron chi connectivity index (χ2n) is 7.42. The van der Waals surface area contributed by atoms with E-state index in [9.17, 15) is 14.4 Å². The summed E-state index contributed by atoms with van der Waals surface area (Å²) in [6.45, 7) is 2.30. The molecule has 0 aliphatic heterocycles. The summed E-state index contributed by atoms with van der Waals surface area (Å²) in [5.74, 6) is 0.454. The number of benzene rings is 1. The molecule has 10 nitrogen and oxygen atoms in total. The van der Waals surface area contributed by atoms with Crippen LogP contribution in [0.25, 0.3) is 6.20 Å². The summed E-state index contributed by atoms with van der Waals surface area (Å²) in [5.41, 5.74) is 1.75. The highest BCUT2D eigenvalue weighted by Crippen LogP contribution is 2.20. The molecule has 0 radical (unpaired) electrons. The number of hydrogen-bond donors (Lipinski definition) is 3. The maximum absolute atomic E-state index is 12.4. The van der Waals surface area contributed by atoms with Crippen LogP contribution in [0.5, 0.6) is 5.75 Å². The fourth-order valence-electron chi connectivity index (χ4n) is 3.08. The van der Waals surface area contributed by atoms with Gasteiger partial charge in [0.1, 0.15) is 18.1 Å². The minimum Gasteiger partial charge on any atom is -0.494 e. The maximum Gasteiger partial charge on any atom is 0.315 e. The fraction of sp³-hybridized carbons (Fsp3) is 0.409. The zero-order valence-corrected chi connectivity index (χ0v) is 18.2. The molecule has 0 bridgehead atoms. The van der Waals surface area contributed by atoms with E-state index in [0.29, 0.717) is 42.7 Å². The number of amides is 3. The van der Waals surface area contributed by atoms with E-state index < -0.39 is 12.1 Å². The standard InChI is InChI=1S/C22H28N6O4/c1-3-12-28-19(20(26-27-28)21(30)24-16-8-9-16)5-4-13-32-17-10-6-15(7-11-17)18(14-29)25-22(31)23-2/h3,6-7,10-12,14,16,18H,4-5,8-9,13H2,1-2H3,(H,24,30)(H2,23,25,31)/b12-3+. The summed E-state index contributed by atoms with van der Waals surface area (Å²) in [4.78, 5) is 35.1. The van der Waals surface area contributed by atoms with Crippen LogP contribution in [0.2, 0.25) is 0 Å². The van der Waals surface area contributed by atoms with Gasteiger partial charge in [0.15, 0.2) is 5.69 Å². The number of nitrogens with one attached hydrogen (secondary N) is 3. The molecule has 32 heavy (non-hydrogen) atoms. The van der Waals surface area contributed by atoms with Gasteiger partial charge in [0, 0.05) is 19.3 Å². The predicted molar refractivity (Wildman–Crippen MR) is 118 cm³/mol. The van der Waals surface area contributed by atoms with Crippen LogP contribution in [0.15, 0.2) is 30.3 Å². The third kappa shape index (κ3) is 6.16. The van der Waals surface area contributed by atoms with Gasteiger partial charge in [-0.3, -0.25) is 4.79 Å². The van der Waals surface area contributed by atoms with Crippen LogP contribution in [0.1, 0.15) is 54.0 Å². The Morgan fingerprint density at radius 3 is 2.66 bits per heavy atom. The molecule has 1 aliphatic rings. The third-order valence-corrected chi connectivity index (χ3v) is 4.92. The van der Waals surface area contributed by atoms with Crippen molar-refractivity contribution in [3.8, 4) is 5.75 Å². The average Bonchev–Trinajstić information content (AvgIpc) is 3.53. The molecule has 0 spiro atoms. The highest BCUT2D eigenvalue weighted by molar-refractivity contribution is 5.93. The Hall–Kier alpha value is -3.69. The van der Waals surface area contributed by atoms with Gasteiger partial charge in [-0.15, -0.1) is 5.10 Å². The molecule has 3 N–H and O–H groups in total. The molecular formula is C22H28N6O4. The summed E-state index contributed by atoms with van der Waals surface area (Å²) < 4.78 is 7.41. The molecule has 1 aromatic carbocycles. The molecule has 10 heteroatoms. The van der Waals surface area contributed by atoms with E-state index >= 15 is 0 Å². The first-order valence-corrected chi connectivity index (χ1v) is 10.6. The second kappa shape index (κ2) is 11.1. The molecule has 3 rings (SSSR count). The number of rotatable bonds is 11. The first-order chi connectivity index (χ1) is 15.5. The molecule has 1 aromatic heterocycles. The van der Waals surface area contributed by atoms with Gasteiger partial charge in [0.05, 0.1) is 12.3 Å². The highest BCUT2D eigenvalue weighted by Gasteiger charge is 2.27. The number of carbonyl (C=O) groups excluding carboxylic acids is 3. The first-order valence-electron chi connectivity index (χ1n) is 10.6. The van der Waals surface area contributed by atoms with E-state index in [-0.39, 0.29) is 11.9 Å². The lowest BCUT2D eigenvalue weighted by atomic mass is 10.1. The monoisotopic (exact) mass is 440 g/mol. The molecule has 1 heterocycles. The summed E-state index contributed by atoms with van der Waals surface area (Å²) in [5, 5.41) is 16.1. The molecular weight excluding hydrogens is 412 g/mol. The lowest BCUT2D eigenvalue weighted by molar-refractivity contribution is -0.109. The van der Waals surface area contributed by atoms with Crippen LogP contribution >= 0.6 is 0 Å². The summed E-state index contributed by atoms with van der Waals surface area (Å²) in [7, 11) is 1.48. The molecule has 1 saturated carbocycles. The smallest absolute Gasteiger partial charge is 0.315 e. The van der Waals surface area contributed by atoms with E-state index in [4.69, 9.17) is 4.74 Å². The van der Waals surface area contributed by atoms with Gasteiger partial charge in [-0.05, 0) is 50.3 Å². The number of carbonyl (C=O) groups is 3. The largest absolute Gasteiger partial charge is 0.494 e. The predicted octanol–water partition coefficient (Wildman–Crippen LogP) is 1.84. The number of urea groups is 1. The maximum atomic E-state index is 12.4. The molecule has 3 amide bonds. The Labute approximate surface area is 186 Å². The van der Waals surface area contributed by atoms with Crippen molar-refractivity contribution < 1.29 is 19.1 Å². The van der Waals surface area contributed by atoms with Crippen LogP contribution in [0.3, 0.4) is 0 Å². The molecule has 0 saturated heterocycles. The van der Waals surface area contributed by atoms with E-state index in [2.05, 4.69) is 26.3 Å². The van der Waals surface area contributed by atoms with Crippen molar-refractivity contribution in [2.24, 2.45) is 0 Å². The third-order valence-electron chi connectivity index (χ3n) is 4.92. The topological polar surface area (TPSA) is 127 Å². The Morgan fingerprint density at radius 2 is 2.03 bits per heavy atom. The zero-order chi connectivity index (χ0) is 22.9. The van der Waals surface area contributed by atoms with E-state index in [1.165, 1.54) is 7.05 Å². The molecule has 1 fully saturated rings. The van der Waals surface area contributed by atoms with E-state index in [1.54, 1.807) is 35.1 Å². The van der Waals surface area contributed by atoms with Crippen LogP contribution in [0.4, 0.5) is 4.79 Å². The highest BCUT2D eigenvalue weighted by atomic mass is 16.5. The van der Waals surface area contributed by atoms with Crippen LogP contribution < -0.4 is 20.7 Å². The molecule has 1 aliphatic carbocycles. The van der Waals surface area contributed by atoms with Crippen LogP contribution in [-0.4, -0.2) is 52.9 Å². The summed E-state index contributed by atoms with van der Waals surface area (Å²) in [6, 6.07) is 6.04. The van der Waals surface area contributed by atoms with Crippen molar-refractivity contribution in [2.45, 2.75) is 44.7 Å². The van der Waals surface area contributed by atoms with Crippen LogP contribution in [-0.2, 0) is 11.2 Å². The number of ether oxygens (including phenoxy) is 1. The van der Waals surface area contributed by atoms with Crippen molar-refractivity contribution >= 4 is 24.4 Å². The zero-order valence-electron chi connectivity index (χ0n) is 18.2. The molecule has 2 aromatic rings. The lowest BCUT2D eigenvalue weighted by Crippen LogP contribution is -2.36. The molecule has 1 unspecified atom stereocenters. The lowest BCUT2D eigenvalue weighted by Gasteiger charge is -2.13. The first kappa shape index (κ1) is 23.0. The van der Waals surface area contributed by atoms with Gasteiger partial charge in [-0.25, -0.2) is 9.48 Å². The number of hydrogen-bond acceptors (Lipinski definition) is 6. The minimum absolute atomic E-state index is 0.190. The van der Waals surface area contributed by atoms with Crippen molar-refractivity contribution in [2.75, 3.05) is 13.7 Å². The normalized spacial score (nSPS) is 14.1. The SMILES string of the molecule is C/C=C/n1nnc(C(=O)NC2CC2)c1CCCOc1ccc(C(C=O)NC(=O)NC)cc1. The Bertz CT molecular complexity index is 965. The van der Waals surface area contributed by atoms with Gasteiger partial charge < -0.3 is 25.5 Å². The van der Waals surface area contributed by atoms with E-state index in [1.807, 2.05) is 13.0 Å². The Kier molecular flexibility index (Phi) is 7.96. The molecule has 170 valence electrons. The summed E-state index contributed by atoms with van der Waals surface area (Å²) in [6.07, 6.45) is 7.52. The summed E-state index contributed by atoms with van der Waals surface area (Å²) >= 11 is 0. The fourth-order valence-corrected chi connectivity index (χ4v) is 3.08. The average molecular weight is 441 g/mol. The van der Waals surface area contributed by atoms with Gasteiger partial charge in [-0.1, -0.05) is 23.4 Å². The van der Waals surface area contributed by atoms with Crippen molar-refractivity contribution in [3.63, 3.8) is 0 Å². The van der Waals surface area contributed by atoms with Gasteiger partial charge >= 0.3 is 6.03 Å². The quantitative estimate of drug-likeness (QED) is 0.361. The Morgan fingerprint density at radius 1 is 1.28 bits per heavy atom. The van der Waals surface area contributed by atoms with E-state index in [0.717, 1.165) is 18.5 Å². The minimum atomic E-state index is -0.733. The van der Waals surface area contributed by atoms with Crippen molar-refractivity contribution in [1.82, 2.24) is 30.9 Å². The van der Waals surface area contributed by atoms with Gasteiger partial charge in [0.25, 0.3) is 5.91 Å². The van der Waals surface area contributed by atoms with Crippen LogP contribution in [0, 0.1) is 0 Å². The number of aromatic nitrogens is 3. The van der Waals surface area contributed by atoms with Gasteiger partial charge in [0.2, 0.25) is 0 Å². The molecule has 1 atom stereocenters. The van der Waals surface area contributed by atoms with Crippen molar-refractivity contribution in [1.29, 1.82) is 0 Å². The number of nitrogens with zero attached hydrogens (tertiary/aromatic N) is 3. The Balaban J connectivity index is 1.54. The number of aldehydes is 1. The van der Waals surface area contributed by atoms with Crippen molar-refractivity contribution in [3.05, 3.63) is 47.3 Å².